The molecule has 150 valence electrons. The first kappa shape index (κ1) is 18.1. The Balaban J connectivity index is 1.54. The molecule has 0 spiro atoms. The Labute approximate surface area is 170 Å². The van der Waals surface area contributed by atoms with Gasteiger partial charge in [-0.1, -0.05) is 19.0 Å². The van der Waals surface area contributed by atoms with Crippen LogP contribution >= 0.6 is 0 Å². The summed E-state index contributed by atoms with van der Waals surface area (Å²) in [7, 11) is 0. The molecule has 0 fully saturated rings. The average molecular weight is 402 g/mol. The van der Waals surface area contributed by atoms with Gasteiger partial charge in [-0.3, -0.25) is 4.79 Å². The monoisotopic (exact) mass is 402 g/mol. The van der Waals surface area contributed by atoms with Crippen molar-refractivity contribution in [2.45, 2.75) is 26.7 Å². The maximum Gasteiger partial charge on any atom is 0.259 e. The van der Waals surface area contributed by atoms with Gasteiger partial charge in [-0.2, -0.15) is 0 Å². The fourth-order valence-electron chi connectivity index (χ4n) is 3.29. The van der Waals surface area contributed by atoms with E-state index in [1.807, 2.05) is 13.8 Å². The number of hydrogen-bond donors (Lipinski definition) is 1. The molecule has 0 radical (unpaired) electrons. The van der Waals surface area contributed by atoms with Gasteiger partial charge in [0.25, 0.3) is 11.6 Å². The number of aryl methyl sites for hydroxylation is 1. The van der Waals surface area contributed by atoms with Crippen molar-refractivity contribution in [2.75, 3.05) is 5.32 Å². The van der Waals surface area contributed by atoms with E-state index in [2.05, 4.69) is 20.4 Å². The summed E-state index contributed by atoms with van der Waals surface area (Å²) >= 11 is 0. The van der Waals surface area contributed by atoms with Crippen molar-refractivity contribution in [3.63, 3.8) is 0 Å². The minimum absolute atomic E-state index is 0.178. The van der Waals surface area contributed by atoms with Gasteiger partial charge >= 0.3 is 0 Å². The van der Waals surface area contributed by atoms with E-state index in [0.717, 1.165) is 0 Å². The highest BCUT2D eigenvalue weighted by molar-refractivity contribution is 6.13. The van der Waals surface area contributed by atoms with E-state index in [-0.39, 0.29) is 17.5 Å². The topological polar surface area (TPSA) is 107 Å². The second kappa shape index (κ2) is 6.84. The molecule has 4 heterocycles. The Kier molecular flexibility index (Phi) is 4.13. The highest BCUT2D eigenvalue weighted by atomic mass is 16.5. The molecule has 0 bridgehead atoms. The van der Waals surface area contributed by atoms with Gasteiger partial charge in [0.05, 0.1) is 22.9 Å². The number of rotatable bonds is 4. The molecule has 1 N–H and O–H groups in total. The molecule has 4 aromatic heterocycles. The molecule has 5 aromatic rings. The second-order valence-electron chi connectivity index (χ2n) is 7.32. The average Bonchev–Trinajstić information content (AvgIpc) is 3.47. The zero-order chi connectivity index (χ0) is 20.8. The van der Waals surface area contributed by atoms with Crippen LogP contribution in [0.15, 0.2) is 56.0 Å². The number of nitrogens with zero attached hydrogens (tertiary/aromatic N) is 3. The number of hydrogen-bond acceptors (Lipinski definition) is 7. The van der Waals surface area contributed by atoms with Crippen LogP contribution in [0.3, 0.4) is 0 Å². The standard InChI is InChI=1S/C22H18N4O4/c1-11(2)21-24-15-9-13(6-7-18(15)29-21)23-20(27)14-10-16(17-5-4-8-28-17)25-22-19(14)12(3)26-30-22/h4-11H,1-3H3,(H,23,27). The zero-order valence-corrected chi connectivity index (χ0v) is 16.6. The number of benzene rings is 1. The lowest BCUT2D eigenvalue weighted by atomic mass is 10.1. The summed E-state index contributed by atoms with van der Waals surface area (Å²) in [5, 5.41) is 7.44. The molecule has 30 heavy (non-hydrogen) atoms. The predicted octanol–water partition coefficient (Wildman–Crippen LogP) is 5.31. The molecule has 5 rings (SSSR count). The predicted molar refractivity (Wildman–Crippen MR) is 110 cm³/mol. The molecule has 0 aliphatic heterocycles. The van der Waals surface area contributed by atoms with Crippen molar-refractivity contribution in [3.8, 4) is 11.5 Å². The number of carbonyl (C=O) groups is 1. The third-order valence-electron chi connectivity index (χ3n) is 4.79. The number of aromatic nitrogens is 3. The van der Waals surface area contributed by atoms with Crippen LogP contribution in [0.1, 0.15) is 41.7 Å². The Morgan fingerprint density at radius 1 is 1.13 bits per heavy atom. The third-order valence-corrected chi connectivity index (χ3v) is 4.79. The number of furan rings is 1. The summed E-state index contributed by atoms with van der Waals surface area (Å²) in [6, 6.07) is 10.6. The lowest BCUT2D eigenvalue weighted by Gasteiger charge is -2.07. The third kappa shape index (κ3) is 3.02. The number of pyridine rings is 1. The van der Waals surface area contributed by atoms with Gasteiger partial charge in [0.2, 0.25) is 0 Å². The van der Waals surface area contributed by atoms with Crippen molar-refractivity contribution < 1.29 is 18.2 Å². The van der Waals surface area contributed by atoms with Gasteiger partial charge in [-0.25, -0.2) is 9.97 Å². The van der Waals surface area contributed by atoms with Gasteiger partial charge in [0, 0.05) is 11.6 Å². The Morgan fingerprint density at radius 3 is 2.77 bits per heavy atom. The highest BCUT2D eigenvalue weighted by Gasteiger charge is 2.20. The second-order valence-corrected chi connectivity index (χ2v) is 7.32. The fraction of sp³-hybridized carbons (Fsp3) is 0.182. The Bertz CT molecular complexity index is 1380. The first-order valence-electron chi connectivity index (χ1n) is 9.52. The highest BCUT2D eigenvalue weighted by Crippen LogP contribution is 2.29. The van der Waals surface area contributed by atoms with E-state index < -0.39 is 0 Å². The molecule has 0 atom stereocenters. The van der Waals surface area contributed by atoms with Gasteiger partial charge in [-0.05, 0) is 43.3 Å². The molecular formula is C22H18N4O4. The number of anilines is 1. The molecule has 0 aliphatic rings. The summed E-state index contributed by atoms with van der Waals surface area (Å²) in [4.78, 5) is 22.1. The van der Waals surface area contributed by atoms with Crippen molar-refractivity contribution in [1.82, 2.24) is 15.1 Å². The van der Waals surface area contributed by atoms with Crippen LogP contribution in [0.4, 0.5) is 5.69 Å². The minimum Gasteiger partial charge on any atom is -0.463 e. The van der Waals surface area contributed by atoms with Crippen LogP contribution < -0.4 is 5.32 Å². The van der Waals surface area contributed by atoms with E-state index in [0.29, 0.717) is 50.8 Å². The molecule has 8 nitrogen and oxygen atoms in total. The molecule has 0 saturated carbocycles. The van der Waals surface area contributed by atoms with Crippen LogP contribution in [-0.2, 0) is 0 Å². The van der Waals surface area contributed by atoms with Crippen LogP contribution in [-0.4, -0.2) is 21.0 Å². The van der Waals surface area contributed by atoms with Gasteiger partial charge in [-0.15, -0.1) is 0 Å². The quantitative estimate of drug-likeness (QED) is 0.434. The molecule has 0 saturated heterocycles. The van der Waals surface area contributed by atoms with Crippen molar-refractivity contribution in [2.24, 2.45) is 0 Å². The fourth-order valence-corrected chi connectivity index (χ4v) is 3.29. The van der Waals surface area contributed by atoms with Crippen LogP contribution in [0.5, 0.6) is 0 Å². The molecule has 8 heteroatoms. The molecular weight excluding hydrogens is 384 g/mol. The lowest BCUT2D eigenvalue weighted by molar-refractivity contribution is 0.102. The van der Waals surface area contributed by atoms with E-state index in [1.165, 1.54) is 0 Å². The van der Waals surface area contributed by atoms with Crippen LogP contribution in [0, 0.1) is 6.92 Å². The first-order chi connectivity index (χ1) is 14.5. The van der Waals surface area contributed by atoms with Gasteiger partial charge < -0.3 is 18.7 Å². The van der Waals surface area contributed by atoms with Crippen LogP contribution in [0.2, 0.25) is 0 Å². The van der Waals surface area contributed by atoms with E-state index in [9.17, 15) is 4.79 Å². The number of fused-ring (bicyclic) bond motifs is 2. The number of nitrogens with one attached hydrogen (secondary N) is 1. The zero-order valence-electron chi connectivity index (χ0n) is 16.6. The largest absolute Gasteiger partial charge is 0.463 e. The molecule has 1 aromatic carbocycles. The Morgan fingerprint density at radius 2 is 2.00 bits per heavy atom. The van der Waals surface area contributed by atoms with Gasteiger partial charge in [0.1, 0.15) is 11.2 Å². The smallest absolute Gasteiger partial charge is 0.259 e. The van der Waals surface area contributed by atoms with E-state index in [4.69, 9.17) is 13.4 Å². The SMILES string of the molecule is Cc1noc2nc(-c3ccco3)cc(C(=O)Nc3ccc4oc(C(C)C)nc4c3)c12. The lowest BCUT2D eigenvalue weighted by Crippen LogP contribution is -2.13. The summed E-state index contributed by atoms with van der Waals surface area (Å²) in [6.45, 7) is 5.80. The van der Waals surface area contributed by atoms with E-state index in [1.54, 1.807) is 49.6 Å². The number of carbonyl (C=O) groups excluding carboxylic acids is 1. The summed E-state index contributed by atoms with van der Waals surface area (Å²) < 4.78 is 16.5. The maximum atomic E-state index is 13.2. The van der Waals surface area contributed by atoms with Crippen molar-refractivity contribution >= 4 is 33.8 Å². The normalized spacial score (nSPS) is 11.6. The number of amides is 1. The van der Waals surface area contributed by atoms with Crippen LogP contribution in [0.25, 0.3) is 33.7 Å². The first-order valence-corrected chi connectivity index (χ1v) is 9.52. The molecule has 0 unspecified atom stereocenters. The van der Waals surface area contributed by atoms with Gasteiger partial charge in [0.15, 0.2) is 17.2 Å². The summed E-state index contributed by atoms with van der Waals surface area (Å²) in [6.07, 6.45) is 1.55. The van der Waals surface area contributed by atoms with Crippen molar-refractivity contribution in [1.29, 1.82) is 0 Å². The minimum atomic E-state index is -0.312. The summed E-state index contributed by atoms with van der Waals surface area (Å²) in [5.74, 6) is 1.06. The van der Waals surface area contributed by atoms with Crippen molar-refractivity contribution in [3.05, 3.63) is 59.8 Å². The maximum absolute atomic E-state index is 13.2. The number of oxazole rings is 1. The molecule has 0 aliphatic carbocycles. The molecule has 1 amide bonds. The van der Waals surface area contributed by atoms with E-state index >= 15 is 0 Å². The summed E-state index contributed by atoms with van der Waals surface area (Å²) in [5.41, 5.74) is 3.72. The Hall–Kier alpha value is -3.94.